The third-order valence-corrected chi connectivity index (χ3v) is 4.12. The molecule has 0 aliphatic rings. The molecule has 0 bridgehead atoms. The molecule has 0 aliphatic heterocycles. The van der Waals surface area contributed by atoms with Crippen LogP contribution in [0.1, 0.15) is 0 Å². The van der Waals surface area contributed by atoms with Gasteiger partial charge in [0.1, 0.15) is 11.6 Å². The Labute approximate surface area is 147 Å². The lowest BCUT2D eigenvalue weighted by molar-refractivity contribution is 0.412. The van der Waals surface area contributed by atoms with Crippen molar-refractivity contribution < 1.29 is 13.5 Å². The van der Waals surface area contributed by atoms with E-state index in [1.807, 2.05) is 12.1 Å². The summed E-state index contributed by atoms with van der Waals surface area (Å²) in [6.07, 6.45) is 0. The quantitative estimate of drug-likeness (QED) is 0.660. The minimum atomic E-state index is -0.343. The molecule has 0 aliphatic carbocycles. The highest BCUT2D eigenvalue weighted by molar-refractivity contribution is 9.10. The first-order valence-electron chi connectivity index (χ1n) is 7.14. The van der Waals surface area contributed by atoms with Gasteiger partial charge in [-0.3, -0.25) is 0 Å². The summed E-state index contributed by atoms with van der Waals surface area (Å²) >= 11 is 3.42. The lowest BCUT2D eigenvalue weighted by Crippen LogP contribution is -2.10. The fourth-order valence-corrected chi connectivity index (χ4v) is 2.80. The van der Waals surface area contributed by atoms with Crippen molar-refractivity contribution >= 4 is 21.6 Å². The van der Waals surface area contributed by atoms with Crippen LogP contribution < -0.4 is 9.64 Å². The number of benzene rings is 2. The Morgan fingerprint density at radius 1 is 1.04 bits per heavy atom. The summed E-state index contributed by atoms with van der Waals surface area (Å²) in [6.45, 7) is 0. The number of nitrogens with zero attached hydrogens (tertiary/aromatic N) is 3. The van der Waals surface area contributed by atoms with Crippen LogP contribution >= 0.6 is 15.9 Å². The summed E-state index contributed by atoms with van der Waals surface area (Å²) in [6, 6.07) is 10.3. The molecule has 0 unspecified atom stereocenters. The number of methoxy groups -OCH3 is 1. The van der Waals surface area contributed by atoms with Gasteiger partial charge in [-0.05, 0) is 52.3 Å². The van der Waals surface area contributed by atoms with Gasteiger partial charge in [-0.25, -0.2) is 4.39 Å². The Balaban J connectivity index is 1.93. The summed E-state index contributed by atoms with van der Waals surface area (Å²) in [5.74, 6) is 0.982. The lowest BCUT2D eigenvalue weighted by Gasteiger charge is -2.13. The van der Waals surface area contributed by atoms with Crippen LogP contribution in [0.2, 0.25) is 0 Å². The van der Waals surface area contributed by atoms with Gasteiger partial charge in [-0.2, -0.15) is 0 Å². The second-order valence-electron chi connectivity index (χ2n) is 5.32. The molecule has 2 aromatic carbocycles. The van der Waals surface area contributed by atoms with E-state index in [4.69, 9.17) is 9.15 Å². The highest BCUT2D eigenvalue weighted by Crippen LogP contribution is 2.32. The molecule has 0 saturated heterocycles. The fourth-order valence-electron chi connectivity index (χ4n) is 2.26. The smallest absolute Gasteiger partial charge is 0.248 e. The largest absolute Gasteiger partial charge is 0.496 e. The Morgan fingerprint density at radius 2 is 1.67 bits per heavy atom. The van der Waals surface area contributed by atoms with Crippen LogP contribution in [0.4, 0.5) is 10.1 Å². The van der Waals surface area contributed by atoms with E-state index in [-0.39, 0.29) is 11.7 Å². The summed E-state index contributed by atoms with van der Waals surface area (Å²) in [5.41, 5.74) is 1.77. The average Bonchev–Trinajstić information content (AvgIpc) is 3.04. The highest BCUT2D eigenvalue weighted by atomic mass is 79.9. The summed E-state index contributed by atoms with van der Waals surface area (Å²) in [5, 5.41) is 8.04. The molecule has 0 spiro atoms. The molecule has 7 heteroatoms. The van der Waals surface area contributed by atoms with Crippen LogP contribution in [0.3, 0.4) is 0 Å². The molecule has 24 heavy (non-hydrogen) atoms. The van der Waals surface area contributed by atoms with Gasteiger partial charge in [0.2, 0.25) is 11.8 Å². The zero-order chi connectivity index (χ0) is 17.3. The molecule has 0 amide bonds. The maximum atomic E-state index is 14.1. The van der Waals surface area contributed by atoms with Crippen LogP contribution in [0, 0.1) is 5.82 Å². The standard InChI is InChI=1S/C17H15BrFN3O2/c1-22(2)14-6-4-11(9-13(14)19)17-21-20-16(24-17)10-5-7-15(23-3)12(18)8-10/h4-9H,1-3H3. The molecular formula is C17H15BrFN3O2. The minimum absolute atomic E-state index is 0.265. The SMILES string of the molecule is COc1ccc(-c2nnc(-c3ccc(N(C)C)c(F)c3)o2)cc1Br. The van der Waals surface area contributed by atoms with E-state index in [1.54, 1.807) is 44.3 Å². The first-order chi connectivity index (χ1) is 11.5. The van der Waals surface area contributed by atoms with E-state index in [0.29, 0.717) is 22.9 Å². The van der Waals surface area contributed by atoms with Crippen LogP contribution in [0.5, 0.6) is 5.75 Å². The molecule has 124 valence electrons. The van der Waals surface area contributed by atoms with Crippen molar-refractivity contribution in [1.82, 2.24) is 10.2 Å². The van der Waals surface area contributed by atoms with Gasteiger partial charge in [0.25, 0.3) is 0 Å². The summed E-state index contributed by atoms with van der Waals surface area (Å²) in [7, 11) is 5.16. The van der Waals surface area contributed by atoms with E-state index in [9.17, 15) is 4.39 Å². The predicted octanol–water partition coefficient (Wildman–Crippen LogP) is 4.38. The zero-order valence-corrected chi connectivity index (χ0v) is 15.0. The van der Waals surface area contributed by atoms with Crippen molar-refractivity contribution in [2.24, 2.45) is 0 Å². The lowest BCUT2D eigenvalue weighted by atomic mass is 10.2. The van der Waals surface area contributed by atoms with Crippen molar-refractivity contribution in [2.45, 2.75) is 0 Å². The Bertz CT molecular complexity index is 880. The topological polar surface area (TPSA) is 51.4 Å². The molecule has 0 fully saturated rings. The second kappa shape index (κ2) is 6.60. The Morgan fingerprint density at radius 3 is 2.21 bits per heavy atom. The van der Waals surface area contributed by atoms with Gasteiger partial charge in [0.15, 0.2) is 0 Å². The number of ether oxygens (including phenoxy) is 1. The van der Waals surface area contributed by atoms with E-state index in [1.165, 1.54) is 6.07 Å². The van der Waals surface area contributed by atoms with Crippen molar-refractivity contribution in [3.8, 4) is 28.7 Å². The number of rotatable bonds is 4. The van der Waals surface area contributed by atoms with Gasteiger partial charge < -0.3 is 14.1 Å². The van der Waals surface area contributed by atoms with Crippen molar-refractivity contribution in [1.29, 1.82) is 0 Å². The molecule has 5 nitrogen and oxygen atoms in total. The Kier molecular flexibility index (Phi) is 4.53. The van der Waals surface area contributed by atoms with Crippen LogP contribution in [0.15, 0.2) is 45.3 Å². The third kappa shape index (κ3) is 3.12. The first-order valence-corrected chi connectivity index (χ1v) is 7.93. The number of hydrogen-bond donors (Lipinski definition) is 0. The summed E-state index contributed by atoms with van der Waals surface area (Å²) < 4.78 is 25.8. The molecule has 3 aromatic rings. The molecule has 0 atom stereocenters. The van der Waals surface area contributed by atoms with Crippen molar-refractivity contribution in [3.05, 3.63) is 46.7 Å². The maximum Gasteiger partial charge on any atom is 0.248 e. The molecule has 3 rings (SSSR count). The number of halogens is 2. The van der Waals surface area contributed by atoms with Crippen molar-refractivity contribution in [3.63, 3.8) is 0 Å². The minimum Gasteiger partial charge on any atom is -0.496 e. The van der Waals surface area contributed by atoms with Gasteiger partial charge >= 0.3 is 0 Å². The second-order valence-corrected chi connectivity index (χ2v) is 6.18. The summed E-state index contributed by atoms with van der Waals surface area (Å²) in [4.78, 5) is 1.70. The van der Waals surface area contributed by atoms with E-state index >= 15 is 0 Å². The highest BCUT2D eigenvalue weighted by Gasteiger charge is 2.14. The molecule has 0 N–H and O–H groups in total. The fraction of sp³-hybridized carbons (Fsp3) is 0.176. The molecule has 1 heterocycles. The van der Waals surface area contributed by atoms with Crippen LogP contribution in [-0.2, 0) is 0 Å². The Hall–Kier alpha value is -2.41. The molecule has 1 aromatic heterocycles. The molecular weight excluding hydrogens is 377 g/mol. The van der Waals surface area contributed by atoms with E-state index < -0.39 is 0 Å². The van der Waals surface area contributed by atoms with Gasteiger partial charge in [-0.1, -0.05) is 0 Å². The van der Waals surface area contributed by atoms with E-state index in [2.05, 4.69) is 26.1 Å². The van der Waals surface area contributed by atoms with Crippen LogP contribution in [-0.4, -0.2) is 31.4 Å². The van der Waals surface area contributed by atoms with Gasteiger partial charge in [0, 0.05) is 25.2 Å². The number of hydrogen-bond acceptors (Lipinski definition) is 5. The van der Waals surface area contributed by atoms with Crippen LogP contribution in [0.25, 0.3) is 22.9 Å². The van der Waals surface area contributed by atoms with Gasteiger partial charge in [0.05, 0.1) is 17.3 Å². The van der Waals surface area contributed by atoms with Crippen molar-refractivity contribution in [2.75, 3.05) is 26.1 Å². The average molecular weight is 392 g/mol. The van der Waals surface area contributed by atoms with E-state index in [0.717, 1.165) is 10.0 Å². The predicted molar refractivity (Wildman–Crippen MR) is 93.7 cm³/mol. The molecule has 0 radical (unpaired) electrons. The maximum absolute atomic E-state index is 14.1. The van der Waals surface area contributed by atoms with Gasteiger partial charge in [-0.15, -0.1) is 10.2 Å². The zero-order valence-electron chi connectivity index (χ0n) is 13.4. The number of anilines is 1. The third-order valence-electron chi connectivity index (χ3n) is 3.50. The molecule has 0 saturated carbocycles. The first kappa shape index (κ1) is 16.4. The number of aromatic nitrogens is 2. The normalized spacial score (nSPS) is 10.7. The monoisotopic (exact) mass is 391 g/mol.